The molecule has 1 aliphatic rings. The van der Waals surface area contributed by atoms with Crippen LogP contribution in [-0.2, 0) is 16.1 Å². The maximum atomic E-state index is 13.5. The molecule has 166 valence electrons. The van der Waals surface area contributed by atoms with Crippen LogP contribution in [-0.4, -0.2) is 42.1 Å². The molecule has 0 radical (unpaired) electrons. The lowest BCUT2D eigenvalue weighted by molar-refractivity contribution is -0.121. The van der Waals surface area contributed by atoms with Gasteiger partial charge in [0.1, 0.15) is 17.6 Å². The van der Waals surface area contributed by atoms with Gasteiger partial charge in [0.25, 0.3) is 5.91 Å². The van der Waals surface area contributed by atoms with Crippen LogP contribution in [0.25, 0.3) is 10.9 Å². The Morgan fingerprint density at radius 2 is 1.94 bits per heavy atom. The first-order valence-electron chi connectivity index (χ1n) is 10.3. The van der Waals surface area contributed by atoms with Crippen LogP contribution in [0.1, 0.15) is 12.8 Å². The third-order valence-corrected chi connectivity index (χ3v) is 5.42. The number of nitrogens with one attached hydrogen (secondary N) is 2. The number of rotatable bonds is 8. The number of carbonyl (C=O) groups is 3. The second-order valence-electron chi connectivity index (χ2n) is 7.47. The van der Waals surface area contributed by atoms with Crippen LogP contribution >= 0.6 is 0 Å². The molecule has 3 aromatic rings. The summed E-state index contributed by atoms with van der Waals surface area (Å²) in [6.07, 6.45) is 2.13. The molecule has 1 saturated heterocycles. The van der Waals surface area contributed by atoms with Crippen molar-refractivity contribution in [2.45, 2.75) is 25.4 Å². The molecular formula is C23H23FN4O4. The fraction of sp³-hybridized carbons (Fsp3) is 0.261. The van der Waals surface area contributed by atoms with E-state index in [0.29, 0.717) is 24.5 Å². The number of methoxy groups -OCH3 is 1. The van der Waals surface area contributed by atoms with Gasteiger partial charge in [-0.25, -0.2) is 14.1 Å². The molecule has 1 aromatic heterocycles. The Bertz CT molecular complexity index is 1160. The average molecular weight is 438 g/mol. The van der Waals surface area contributed by atoms with Crippen molar-refractivity contribution in [2.75, 3.05) is 18.6 Å². The second kappa shape index (κ2) is 9.09. The number of fused-ring (bicyclic) bond motifs is 1. The summed E-state index contributed by atoms with van der Waals surface area (Å²) in [4.78, 5) is 38.2. The standard InChI is InChI=1S/C23H23FN4O4/c1-32-18-6-4-17(5-7-18)28-22(30)19(26-23(28)31)8-9-21(29)25-11-13-27-12-10-15-2-3-16(24)14-20(15)27/h2-7,10,12,14,19H,8-9,11,13H2,1H3,(H,25,29)(H,26,31)/t19-/m0/s1. The summed E-state index contributed by atoms with van der Waals surface area (Å²) >= 11 is 0. The van der Waals surface area contributed by atoms with Crippen LogP contribution in [0.3, 0.4) is 0 Å². The topological polar surface area (TPSA) is 92.7 Å². The zero-order valence-corrected chi connectivity index (χ0v) is 17.5. The molecule has 1 fully saturated rings. The van der Waals surface area contributed by atoms with Crippen molar-refractivity contribution in [3.63, 3.8) is 0 Å². The van der Waals surface area contributed by atoms with Gasteiger partial charge < -0.3 is 19.9 Å². The minimum atomic E-state index is -0.758. The van der Waals surface area contributed by atoms with E-state index < -0.39 is 18.0 Å². The molecule has 1 atom stereocenters. The number of hydrogen-bond donors (Lipinski definition) is 2. The van der Waals surface area contributed by atoms with E-state index in [-0.39, 0.29) is 24.6 Å². The smallest absolute Gasteiger partial charge is 0.329 e. The SMILES string of the molecule is COc1ccc(N2C(=O)N[C@@H](CCC(=O)NCCn3ccc4ccc(F)cc43)C2=O)cc1. The fourth-order valence-corrected chi connectivity index (χ4v) is 3.73. The fourth-order valence-electron chi connectivity index (χ4n) is 3.73. The number of hydrogen-bond acceptors (Lipinski definition) is 4. The number of anilines is 1. The van der Waals surface area contributed by atoms with Gasteiger partial charge in [0, 0.05) is 25.7 Å². The quantitative estimate of drug-likeness (QED) is 0.529. The number of halogens is 1. The summed E-state index contributed by atoms with van der Waals surface area (Å²) < 4.78 is 20.4. The van der Waals surface area contributed by atoms with Gasteiger partial charge in [0.2, 0.25) is 5.91 Å². The van der Waals surface area contributed by atoms with E-state index >= 15 is 0 Å². The lowest BCUT2D eigenvalue weighted by Gasteiger charge is -2.13. The zero-order valence-electron chi connectivity index (χ0n) is 17.5. The van der Waals surface area contributed by atoms with E-state index in [1.165, 1.54) is 19.2 Å². The monoisotopic (exact) mass is 438 g/mol. The van der Waals surface area contributed by atoms with E-state index in [1.54, 1.807) is 30.3 Å². The van der Waals surface area contributed by atoms with Gasteiger partial charge in [-0.15, -0.1) is 0 Å². The van der Waals surface area contributed by atoms with Crippen LogP contribution in [0.5, 0.6) is 5.75 Å². The zero-order chi connectivity index (χ0) is 22.7. The van der Waals surface area contributed by atoms with Crippen molar-refractivity contribution in [1.82, 2.24) is 15.2 Å². The van der Waals surface area contributed by atoms with Crippen LogP contribution < -0.4 is 20.3 Å². The summed E-state index contributed by atoms with van der Waals surface area (Å²) in [5.74, 6) is -0.313. The van der Waals surface area contributed by atoms with Crippen molar-refractivity contribution in [2.24, 2.45) is 0 Å². The largest absolute Gasteiger partial charge is 0.497 e. The Morgan fingerprint density at radius 1 is 1.16 bits per heavy atom. The van der Waals surface area contributed by atoms with Crippen LogP contribution in [0.15, 0.2) is 54.7 Å². The normalized spacial score (nSPS) is 15.8. The molecule has 2 N–H and O–H groups in total. The molecular weight excluding hydrogens is 415 g/mol. The van der Waals surface area contributed by atoms with E-state index in [4.69, 9.17) is 4.74 Å². The summed E-state index contributed by atoms with van der Waals surface area (Å²) in [6.45, 7) is 0.852. The first-order chi connectivity index (χ1) is 15.5. The molecule has 0 spiro atoms. The molecule has 0 bridgehead atoms. The van der Waals surface area contributed by atoms with Crippen molar-refractivity contribution in [3.8, 4) is 5.75 Å². The van der Waals surface area contributed by atoms with Gasteiger partial charge in [-0.1, -0.05) is 0 Å². The van der Waals surface area contributed by atoms with Gasteiger partial charge in [-0.3, -0.25) is 9.59 Å². The van der Waals surface area contributed by atoms with E-state index in [1.807, 2.05) is 16.8 Å². The lowest BCUT2D eigenvalue weighted by Crippen LogP contribution is -2.33. The molecule has 2 aromatic carbocycles. The van der Waals surface area contributed by atoms with Gasteiger partial charge in [-0.2, -0.15) is 0 Å². The number of imide groups is 1. The minimum absolute atomic E-state index is 0.0915. The molecule has 9 heteroatoms. The Hall–Kier alpha value is -3.88. The maximum absolute atomic E-state index is 13.5. The molecule has 0 unspecified atom stereocenters. The molecule has 4 amide bonds. The van der Waals surface area contributed by atoms with Crippen molar-refractivity contribution in [3.05, 3.63) is 60.5 Å². The molecule has 32 heavy (non-hydrogen) atoms. The predicted octanol–water partition coefficient (Wildman–Crippen LogP) is 2.81. The molecule has 2 heterocycles. The van der Waals surface area contributed by atoms with Crippen molar-refractivity contribution in [1.29, 1.82) is 0 Å². The number of carbonyl (C=O) groups excluding carboxylic acids is 3. The first-order valence-corrected chi connectivity index (χ1v) is 10.3. The number of urea groups is 1. The Labute approximate surface area is 183 Å². The van der Waals surface area contributed by atoms with Crippen LogP contribution in [0.4, 0.5) is 14.9 Å². The number of ether oxygens (including phenoxy) is 1. The lowest BCUT2D eigenvalue weighted by atomic mass is 10.1. The third kappa shape index (κ3) is 4.41. The second-order valence-corrected chi connectivity index (χ2v) is 7.47. The van der Waals surface area contributed by atoms with E-state index in [9.17, 15) is 18.8 Å². The Kier molecular flexibility index (Phi) is 6.07. The van der Waals surface area contributed by atoms with E-state index in [0.717, 1.165) is 15.8 Å². The predicted molar refractivity (Wildman–Crippen MR) is 117 cm³/mol. The number of amides is 4. The Morgan fingerprint density at radius 3 is 2.69 bits per heavy atom. The van der Waals surface area contributed by atoms with E-state index in [2.05, 4.69) is 10.6 Å². The van der Waals surface area contributed by atoms with Gasteiger partial charge in [-0.05, 0) is 60.3 Å². The number of aromatic nitrogens is 1. The summed E-state index contributed by atoms with van der Waals surface area (Å²) in [5.41, 5.74) is 1.20. The molecule has 1 aliphatic heterocycles. The van der Waals surface area contributed by atoms with Crippen molar-refractivity contribution < 1.29 is 23.5 Å². The van der Waals surface area contributed by atoms with Gasteiger partial charge >= 0.3 is 6.03 Å². The highest BCUT2D eigenvalue weighted by Gasteiger charge is 2.38. The molecule has 4 rings (SSSR count). The first kappa shape index (κ1) is 21.4. The average Bonchev–Trinajstić information content (AvgIpc) is 3.31. The van der Waals surface area contributed by atoms with Crippen LogP contribution in [0, 0.1) is 5.82 Å². The highest BCUT2D eigenvalue weighted by atomic mass is 19.1. The summed E-state index contributed by atoms with van der Waals surface area (Å²) in [6, 6.07) is 11.8. The van der Waals surface area contributed by atoms with Crippen molar-refractivity contribution >= 4 is 34.4 Å². The maximum Gasteiger partial charge on any atom is 0.329 e. The minimum Gasteiger partial charge on any atom is -0.497 e. The van der Waals surface area contributed by atoms with Crippen LogP contribution in [0.2, 0.25) is 0 Å². The number of nitrogens with zero attached hydrogens (tertiary/aromatic N) is 2. The molecule has 0 aliphatic carbocycles. The molecule has 0 saturated carbocycles. The highest BCUT2D eigenvalue weighted by Crippen LogP contribution is 2.24. The van der Waals surface area contributed by atoms with Gasteiger partial charge in [0.05, 0.1) is 18.3 Å². The highest BCUT2D eigenvalue weighted by molar-refractivity contribution is 6.21. The van der Waals surface area contributed by atoms with Gasteiger partial charge in [0.15, 0.2) is 0 Å². The summed E-state index contributed by atoms with van der Waals surface area (Å²) in [5, 5.41) is 6.35. The Balaban J connectivity index is 1.26. The third-order valence-electron chi connectivity index (χ3n) is 5.42. The number of benzene rings is 2. The molecule has 8 nitrogen and oxygen atoms in total. The summed E-state index contributed by atoms with van der Waals surface area (Å²) in [7, 11) is 1.53.